The van der Waals surface area contributed by atoms with Gasteiger partial charge in [0.1, 0.15) is 6.61 Å². The van der Waals surface area contributed by atoms with E-state index in [1.165, 1.54) is 7.11 Å². The molecule has 2 aromatic rings. The molecule has 180 valence electrons. The van der Waals surface area contributed by atoms with Crippen molar-refractivity contribution in [3.8, 4) is 11.1 Å². The number of carboxylic acid groups (broad SMARTS) is 1. The lowest BCUT2D eigenvalue weighted by atomic mass is 9.98. The van der Waals surface area contributed by atoms with Crippen molar-refractivity contribution in [3.05, 3.63) is 59.7 Å². The molecule has 9 nitrogen and oxygen atoms in total. The number of nitrogens with one attached hydrogen (secondary N) is 2. The van der Waals surface area contributed by atoms with Crippen LogP contribution in [0.2, 0.25) is 0 Å². The highest BCUT2D eigenvalue weighted by Crippen LogP contribution is 2.44. The van der Waals surface area contributed by atoms with Crippen LogP contribution in [-0.4, -0.2) is 67.7 Å². The number of rotatable bonds is 8. The summed E-state index contributed by atoms with van der Waals surface area (Å²) in [5, 5.41) is 14.5. The predicted molar refractivity (Wildman–Crippen MR) is 122 cm³/mol. The summed E-state index contributed by atoms with van der Waals surface area (Å²) < 4.78 is 16.1. The Morgan fingerprint density at radius 1 is 1.09 bits per heavy atom. The van der Waals surface area contributed by atoms with Gasteiger partial charge in [0.25, 0.3) is 5.91 Å². The molecule has 1 fully saturated rings. The Hall–Kier alpha value is -3.43. The average Bonchev–Trinajstić information content (AvgIpc) is 3.43. The lowest BCUT2D eigenvalue weighted by Crippen LogP contribution is -2.55. The maximum absolute atomic E-state index is 12.7. The van der Waals surface area contributed by atoms with Gasteiger partial charge in [0, 0.05) is 19.6 Å². The molecular formula is C25H28N2O7. The molecule has 0 aromatic heterocycles. The fourth-order valence-corrected chi connectivity index (χ4v) is 4.54. The molecule has 4 atom stereocenters. The maximum atomic E-state index is 12.7. The van der Waals surface area contributed by atoms with Gasteiger partial charge in [-0.2, -0.15) is 0 Å². The maximum Gasteiger partial charge on any atom is 0.407 e. The number of carbonyl (C=O) groups is 3. The van der Waals surface area contributed by atoms with Crippen molar-refractivity contribution in [3.63, 3.8) is 0 Å². The van der Waals surface area contributed by atoms with Gasteiger partial charge < -0.3 is 30.0 Å². The number of aliphatic carboxylic acids is 1. The van der Waals surface area contributed by atoms with Crippen LogP contribution in [0.15, 0.2) is 48.5 Å². The molecule has 4 rings (SSSR count). The van der Waals surface area contributed by atoms with E-state index in [0.29, 0.717) is 6.42 Å². The second-order valence-corrected chi connectivity index (χ2v) is 8.42. The Labute approximate surface area is 197 Å². The first-order chi connectivity index (χ1) is 16.4. The van der Waals surface area contributed by atoms with E-state index in [2.05, 4.69) is 22.8 Å². The summed E-state index contributed by atoms with van der Waals surface area (Å²) in [7, 11) is 1.36. The van der Waals surface area contributed by atoms with Gasteiger partial charge in [-0.15, -0.1) is 0 Å². The molecule has 4 unspecified atom stereocenters. The van der Waals surface area contributed by atoms with Crippen LogP contribution in [0.5, 0.6) is 0 Å². The van der Waals surface area contributed by atoms with Gasteiger partial charge in [0.2, 0.25) is 0 Å². The van der Waals surface area contributed by atoms with Crippen LogP contribution in [0.25, 0.3) is 11.1 Å². The van der Waals surface area contributed by atoms with Crippen molar-refractivity contribution < 1.29 is 33.7 Å². The molecule has 9 heteroatoms. The molecule has 2 aromatic carbocycles. The Bertz CT molecular complexity index is 1030. The molecule has 2 aliphatic rings. The van der Waals surface area contributed by atoms with E-state index < -0.39 is 42.3 Å². The van der Waals surface area contributed by atoms with Crippen molar-refractivity contribution in [2.45, 2.75) is 43.6 Å². The van der Waals surface area contributed by atoms with E-state index in [1.807, 2.05) is 36.4 Å². The van der Waals surface area contributed by atoms with Crippen molar-refractivity contribution >= 4 is 18.0 Å². The van der Waals surface area contributed by atoms with Crippen LogP contribution in [0.3, 0.4) is 0 Å². The third-order valence-corrected chi connectivity index (χ3v) is 6.40. The molecule has 0 spiro atoms. The highest BCUT2D eigenvalue weighted by atomic mass is 16.6. The topological polar surface area (TPSA) is 123 Å². The standard InChI is InChI=1S/C25H28N2O7/c1-14(32-2)21(24(29)30)27-23(28)22-20(11-12-33-22)26-25(31)34-13-19-17-9-5-3-7-15(17)16-8-4-6-10-18(16)19/h3-10,14,19-22H,11-13H2,1-2H3,(H,26,31)(H,27,28)(H,29,30). The van der Waals surface area contributed by atoms with E-state index in [0.717, 1.165) is 22.3 Å². The van der Waals surface area contributed by atoms with Crippen molar-refractivity contribution in [1.29, 1.82) is 0 Å². The number of fused-ring (bicyclic) bond motifs is 3. The minimum absolute atomic E-state index is 0.0797. The summed E-state index contributed by atoms with van der Waals surface area (Å²) in [5.41, 5.74) is 4.47. The van der Waals surface area contributed by atoms with Crippen LogP contribution < -0.4 is 10.6 Å². The number of carbonyl (C=O) groups excluding carboxylic acids is 2. The van der Waals surface area contributed by atoms with E-state index in [1.54, 1.807) is 6.92 Å². The minimum Gasteiger partial charge on any atom is -0.480 e. The molecule has 3 N–H and O–H groups in total. The molecule has 34 heavy (non-hydrogen) atoms. The van der Waals surface area contributed by atoms with Crippen molar-refractivity contribution in [2.24, 2.45) is 0 Å². The quantitative estimate of drug-likeness (QED) is 0.543. The zero-order chi connectivity index (χ0) is 24.2. The first-order valence-corrected chi connectivity index (χ1v) is 11.2. The monoisotopic (exact) mass is 468 g/mol. The third-order valence-electron chi connectivity index (χ3n) is 6.40. The highest BCUT2D eigenvalue weighted by molar-refractivity contribution is 5.88. The van der Waals surface area contributed by atoms with Crippen LogP contribution in [0.1, 0.15) is 30.4 Å². The normalized spacial score (nSPS) is 20.6. The summed E-state index contributed by atoms with van der Waals surface area (Å²) in [6.07, 6.45) is -2.02. The lowest BCUT2D eigenvalue weighted by Gasteiger charge is -2.24. The molecule has 0 bridgehead atoms. The van der Waals surface area contributed by atoms with Crippen LogP contribution in [0, 0.1) is 0 Å². The van der Waals surface area contributed by atoms with E-state index >= 15 is 0 Å². The fraction of sp³-hybridized carbons (Fsp3) is 0.400. The van der Waals surface area contributed by atoms with E-state index in [-0.39, 0.29) is 19.1 Å². The number of benzene rings is 2. The molecule has 1 aliphatic heterocycles. The zero-order valence-corrected chi connectivity index (χ0v) is 19.0. The molecule has 0 saturated carbocycles. The molecular weight excluding hydrogens is 440 g/mol. The van der Waals surface area contributed by atoms with Crippen molar-refractivity contribution in [2.75, 3.05) is 20.3 Å². The van der Waals surface area contributed by atoms with Crippen LogP contribution in [-0.2, 0) is 23.8 Å². The summed E-state index contributed by atoms with van der Waals surface area (Å²) in [6.45, 7) is 1.95. The average molecular weight is 469 g/mol. The molecule has 1 heterocycles. The largest absolute Gasteiger partial charge is 0.480 e. The van der Waals surface area contributed by atoms with E-state index in [9.17, 15) is 19.5 Å². The first kappa shape index (κ1) is 23.7. The SMILES string of the molecule is COC(C)C(NC(=O)C1OCCC1NC(=O)OCC1c2ccccc2-c2ccccc21)C(=O)O. The smallest absolute Gasteiger partial charge is 0.407 e. The summed E-state index contributed by atoms with van der Waals surface area (Å²) >= 11 is 0. The Morgan fingerprint density at radius 2 is 1.71 bits per heavy atom. The second-order valence-electron chi connectivity index (χ2n) is 8.42. The van der Waals surface area contributed by atoms with Crippen LogP contribution >= 0.6 is 0 Å². The number of hydrogen-bond donors (Lipinski definition) is 3. The third kappa shape index (κ3) is 4.76. The highest BCUT2D eigenvalue weighted by Gasteiger charge is 2.39. The number of amides is 2. The number of methoxy groups -OCH3 is 1. The van der Waals surface area contributed by atoms with Gasteiger partial charge >= 0.3 is 12.1 Å². The Kier molecular flexibility index (Phi) is 7.14. The van der Waals surface area contributed by atoms with Gasteiger partial charge in [-0.05, 0) is 35.6 Å². The van der Waals surface area contributed by atoms with Crippen molar-refractivity contribution in [1.82, 2.24) is 10.6 Å². The number of alkyl carbamates (subject to hydrolysis) is 1. The van der Waals surface area contributed by atoms with Gasteiger partial charge in [-0.3, -0.25) is 4.79 Å². The minimum atomic E-state index is -1.24. The summed E-state index contributed by atoms with van der Waals surface area (Å²) in [4.78, 5) is 36.7. The van der Waals surface area contributed by atoms with Gasteiger partial charge in [-0.1, -0.05) is 48.5 Å². The van der Waals surface area contributed by atoms with Gasteiger partial charge in [-0.25, -0.2) is 9.59 Å². The lowest BCUT2D eigenvalue weighted by molar-refractivity contribution is -0.147. The Balaban J connectivity index is 1.37. The Morgan fingerprint density at radius 3 is 2.29 bits per heavy atom. The number of carboxylic acids is 1. The predicted octanol–water partition coefficient (Wildman–Crippen LogP) is 2.29. The number of ether oxygens (including phenoxy) is 3. The molecule has 1 aliphatic carbocycles. The summed E-state index contributed by atoms with van der Waals surface area (Å²) in [5.74, 6) is -1.93. The number of hydrogen-bond acceptors (Lipinski definition) is 6. The zero-order valence-electron chi connectivity index (χ0n) is 19.0. The van der Waals surface area contributed by atoms with Crippen LogP contribution in [0.4, 0.5) is 4.79 Å². The van der Waals surface area contributed by atoms with Gasteiger partial charge in [0.15, 0.2) is 12.1 Å². The second kappa shape index (κ2) is 10.2. The fourth-order valence-electron chi connectivity index (χ4n) is 4.54. The molecule has 1 saturated heterocycles. The molecule has 2 amide bonds. The summed E-state index contributed by atoms with van der Waals surface area (Å²) in [6, 6.07) is 14.2. The first-order valence-electron chi connectivity index (χ1n) is 11.2. The van der Waals surface area contributed by atoms with E-state index in [4.69, 9.17) is 14.2 Å². The van der Waals surface area contributed by atoms with Gasteiger partial charge in [0.05, 0.1) is 12.1 Å². The molecule has 0 radical (unpaired) electrons.